The Hall–Kier alpha value is -3.22. The van der Waals surface area contributed by atoms with Gasteiger partial charge in [0.2, 0.25) is 5.91 Å². The highest BCUT2D eigenvalue weighted by molar-refractivity contribution is 6.01. The lowest BCUT2D eigenvalue weighted by Gasteiger charge is -2.16. The van der Waals surface area contributed by atoms with Crippen LogP contribution >= 0.6 is 0 Å². The second-order valence-corrected chi connectivity index (χ2v) is 7.32. The number of fused-ring (bicyclic) bond motifs is 1. The van der Waals surface area contributed by atoms with Gasteiger partial charge in [-0.15, -0.1) is 0 Å². The van der Waals surface area contributed by atoms with Gasteiger partial charge in [0.25, 0.3) is 0 Å². The maximum absolute atomic E-state index is 13.2. The molecular weight excluding hydrogens is 373 g/mol. The summed E-state index contributed by atoms with van der Waals surface area (Å²) in [6.45, 7) is 2.76. The minimum absolute atomic E-state index is 0.0894. The van der Waals surface area contributed by atoms with Crippen molar-refractivity contribution in [2.45, 2.75) is 45.7 Å². The van der Waals surface area contributed by atoms with Crippen molar-refractivity contribution in [1.29, 1.82) is 0 Å². The average Bonchev–Trinajstić information content (AvgIpc) is 3.31. The highest BCUT2D eigenvalue weighted by Crippen LogP contribution is 2.31. The van der Waals surface area contributed by atoms with Gasteiger partial charge in [0, 0.05) is 36.0 Å². The molecular formula is C22H22FN3O3. The number of carbonyl (C=O) groups is 2. The number of rotatable bonds is 6. The third-order valence-corrected chi connectivity index (χ3v) is 5.40. The van der Waals surface area contributed by atoms with Crippen LogP contribution in [-0.4, -0.2) is 21.4 Å². The highest BCUT2D eigenvalue weighted by Gasteiger charge is 2.29. The van der Waals surface area contributed by atoms with Crippen LogP contribution in [0.3, 0.4) is 0 Å². The number of amides is 1. The second kappa shape index (κ2) is 8.03. The minimum Gasteiger partial charge on any atom is -0.364 e. The summed E-state index contributed by atoms with van der Waals surface area (Å²) in [6, 6.07) is 8.05. The molecule has 29 heavy (non-hydrogen) atoms. The van der Waals surface area contributed by atoms with Crippen molar-refractivity contribution in [1.82, 2.24) is 15.0 Å². The van der Waals surface area contributed by atoms with E-state index in [2.05, 4.69) is 15.0 Å². The molecule has 2 aromatic heterocycles. The van der Waals surface area contributed by atoms with E-state index in [1.807, 2.05) is 6.92 Å². The summed E-state index contributed by atoms with van der Waals surface area (Å²) in [4.78, 5) is 25.2. The smallest absolute Gasteiger partial charge is 0.224 e. The molecule has 0 fully saturated rings. The fourth-order valence-electron chi connectivity index (χ4n) is 3.93. The van der Waals surface area contributed by atoms with E-state index in [9.17, 15) is 14.0 Å². The zero-order valence-corrected chi connectivity index (χ0v) is 16.2. The molecule has 1 amide bonds. The molecule has 0 radical (unpaired) electrons. The Morgan fingerprint density at radius 2 is 2.03 bits per heavy atom. The third-order valence-electron chi connectivity index (χ3n) is 5.40. The topological polar surface area (TPSA) is 77.1 Å². The summed E-state index contributed by atoms with van der Waals surface area (Å²) in [5.41, 5.74) is 4.94. The van der Waals surface area contributed by atoms with Gasteiger partial charge in [-0.2, -0.15) is 0 Å². The molecule has 0 saturated heterocycles. The van der Waals surface area contributed by atoms with Crippen molar-refractivity contribution in [2.75, 3.05) is 0 Å². The number of nitrogens with zero attached hydrogens (tertiary/aromatic N) is 2. The third kappa shape index (κ3) is 3.99. The Bertz CT molecular complexity index is 1040. The zero-order valence-electron chi connectivity index (χ0n) is 16.2. The molecule has 1 aromatic carbocycles. The van der Waals surface area contributed by atoms with Gasteiger partial charge in [-0.3, -0.25) is 9.59 Å². The number of nitrogens with one attached hydrogen (secondary N) is 1. The number of carbonyl (C=O) groups excluding carboxylic acids is 2. The number of ketones is 1. The van der Waals surface area contributed by atoms with Gasteiger partial charge in [-0.05, 0) is 43.0 Å². The van der Waals surface area contributed by atoms with Crippen LogP contribution in [-0.2, 0) is 30.7 Å². The maximum atomic E-state index is 13.2. The molecule has 0 spiro atoms. The Morgan fingerprint density at radius 1 is 1.24 bits per heavy atom. The summed E-state index contributed by atoms with van der Waals surface area (Å²) >= 11 is 0. The van der Waals surface area contributed by atoms with E-state index in [1.165, 1.54) is 18.4 Å². The van der Waals surface area contributed by atoms with E-state index < -0.39 is 0 Å². The Balaban J connectivity index is 1.61. The fraction of sp³-hybridized carbons (Fsp3) is 0.318. The van der Waals surface area contributed by atoms with Gasteiger partial charge in [-0.1, -0.05) is 17.3 Å². The zero-order chi connectivity index (χ0) is 20.4. The van der Waals surface area contributed by atoms with E-state index in [1.54, 1.807) is 18.2 Å². The minimum atomic E-state index is -0.278. The molecule has 0 unspecified atom stereocenters. The fourth-order valence-corrected chi connectivity index (χ4v) is 3.93. The lowest BCUT2D eigenvalue weighted by atomic mass is 9.92. The number of hydrogen-bond acceptors (Lipinski definition) is 4. The molecule has 4 rings (SSSR count). The van der Waals surface area contributed by atoms with Gasteiger partial charge >= 0.3 is 0 Å². The Labute approximate surface area is 167 Å². The quantitative estimate of drug-likeness (QED) is 0.694. The van der Waals surface area contributed by atoms with Gasteiger partial charge in [0.15, 0.2) is 5.78 Å². The predicted octanol–water partition coefficient (Wildman–Crippen LogP) is 3.35. The SMILES string of the molecule is Cc1c(CC(=O)NCc2ccon2)c2c(n1Cc1ccc(F)cc1)CCCC2=O. The molecule has 2 heterocycles. The number of halogens is 1. The number of benzene rings is 1. The largest absolute Gasteiger partial charge is 0.364 e. The van der Waals surface area contributed by atoms with Crippen molar-refractivity contribution in [2.24, 2.45) is 0 Å². The summed E-state index contributed by atoms with van der Waals surface area (Å²) < 4.78 is 20.1. The van der Waals surface area contributed by atoms with Gasteiger partial charge < -0.3 is 14.4 Å². The van der Waals surface area contributed by atoms with Crippen LogP contribution in [0.15, 0.2) is 41.1 Å². The van der Waals surface area contributed by atoms with E-state index >= 15 is 0 Å². The standard InChI is InChI=1S/C22H22FN3O3/c1-14-18(11-21(28)24-12-17-9-10-29-25-17)22-19(3-2-4-20(22)27)26(14)13-15-5-7-16(23)8-6-15/h5-10H,2-4,11-13H2,1H3,(H,24,28). The molecule has 0 atom stereocenters. The monoisotopic (exact) mass is 395 g/mol. The average molecular weight is 395 g/mol. The van der Waals surface area contributed by atoms with Crippen LogP contribution in [0.4, 0.5) is 4.39 Å². The van der Waals surface area contributed by atoms with Gasteiger partial charge in [0.05, 0.1) is 13.0 Å². The van der Waals surface area contributed by atoms with E-state index in [0.717, 1.165) is 35.4 Å². The van der Waals surface area contributed by atoms with Crippen LogP contribution < -0.4 is 5.32 Å². The summed E-state index contributed by atoms with van der Waals surface area (Å²) in [5, 5.41) is 6.60. The van der Waals surface area contributed by atoms with Gasteiger partial charge in [-0.25, -0.2) is 4.39 Å². The summed E-state index contributed by atoms with van der Waals surface area (Å²) in [5.74, 6) is -0.359. The van der Waals surface area contributed by atoms with Crippen LogP contribution in [0.25, 0.3) is 0 Å². The molecule has 150 valence electrons. The van der Waals surface area contributed by atoms with Crippen molar-refractivity contribution < 1.29 is 18.5 Å². The number of Topliss-reactive ketones (excluding diaryl/α,β-unsaturated/α-hetero) is 1. The van der Waals surface area contributed by atoms with E-state index in [0.29, 0.717) is 24.2 Å². The first kappa shape index (κ1) is 19.1. The summed E-state index contributed by atoms with van der Waals surface area (Å²) in [7, 11) is 0. The molecule has 1 aliphatic rings. The molecule has 6 nitrogen and oxygen atoms in total. The Kier molecular flexibility index (Phi) is 5.29. The molecule has 3 aromatic rings. The lowest BCUT2D eigenvalue weighted by Crippen LogP contribution is -2.25. The number of hydrogen-bond donors (Lipinski definition) is 1. The lowest BCUT2D eigenvalue weighted by molar-refractivity contribution is -0.120. The maximum Gasteiger partial charge on any atom is 0.224 e. The van der Waals surface area contributed by atoms with Gasteiger partial charge in [0.1, 0.15) is 17.8 Å². The van der Waals surface area contributed by atoms with Crippen molar-refractivity contribution in [3.8, 4) is 0 Å². The molecule has 7 heteroatoms. The molecule has 0 saturated carbocycles. The van der Waals surface area contributed by atoms with Crippen molar-refractivity contribution in [3.05, 3.63) is 76.2 Å². The first-order chi connectivity index (χ1) is 14.0. The highest BCUT2D eigenvalue weighted by atomic mass is 19.1. The Morgan fingerprint density at radius 3 is 2.76 bits per heavy atom. The van der Waals surface area contributed by atoms with Crippen LogP contribution in [0, 0.1) is 12.7 Å². The van der Waals surface area contributed by atoms with Crippen LogP contribution in [0.5, 0.6) is 0 Å². The van der Waals surface area contributed by atoms with Crippen LogP contribution in [0.2, 0.25) is 0 Å². The van der Waals surface area contributed by atoms with Crippen molar-refractivity contribution >= 4 is 11.7 Å². The normalized spacial score (nSPS) is 13.4. The van der Waals surface area contributed by atoms with Crippen molar-refractivity contribution in [3.63, 3.8) is 0 Å². The number of aromatic nitrogens is 2. The first-order valence-electron chi connectivity index (χ1n) is 9.67. The molecule has 0 aliphatic heterocycles. The molecule has 1 aliphatic carbocycles. The predicted molar refractivity (Wildman–Crippen MR) is 104 cm³/mol. The van der Waals surface area contributed by atoms with E-state index in [4.69, 9.17) is 4.52 Å². The summed E-state index contributed by atoms with van der Waals surface area (Å²) in [6.07, 6.45) is 3.69. The molecule has 0 bridgehead atoms. The molecule has 1 N–H and O–H groups in total. The second-order valence-electron chi connectivity index (χ2n) is 7.32. The van der Waals surface area contributed by atoms with E-state index in [-0.39, 0.29) is 30.5 Å². The van der Waals surface area contributed by atoms with Crippen LogP contribution in [0.1, 0.15) is 51.4 Å². The first-order valence-corrected chi connectivity index (χ1v) is 9.67.